The van der Waals surface area contributed by atoms with Crippen LogP contribution >= 0.6 is 0 Å². The van der Waals surface area contributed by atoms with Crippen LogP contribution in [0, 0.1) is 0 Å². The number of nitrogens with zero attached hydrogens (tertiary/aromatic N) is 2. The summed E-state index contributed by atoms with van der Waals surface area (Å²) in [4.78, 5) is 6.65. The molecule has 4 N–H and O–H groups in total. The molecule has 0 saturated carbocycles. The Morgan fingerprint density at radius 3 is 3.17 bits per heavy atom. The summed E-state index contributed by atoms with van der Waals surface area (Å²) in [6, 6.07) is 6.04. The van der Waals surface area contributed by atoms with Crippen LogP contribution in [0.2, 0.25) is 0 Å². The molecule has 18 heavy (non-hydrogen) atoms. The highest BCUT2D eigenvalue weighted by Gasteiger charge is 2.25. The molecule has 2 unspecified atom stereocenters. The van der Waals surface area contributed by atoms with E-state index in [1.54, 1.807) is 0 Å². The fourth-order valence-electron chi connectivity index (χ4n) is 2.06. The maximum atomic E-state index is 9.15. The lowest BCUT2D eigenvalue weighted by Crippen LogP contribution is -2.48. The van der Waals surface area contributed by atoms with E-state index in [1.165, 1.54) is 0 Å². The fraction of sp³-hybridized carbons (Fsp3) is 0.583. The second kappa shape index (κ2) is 6.10. The average molecular weight is 252 g/mol. The van der Waals surface area contributed by atoms with Crippen LogP contribution in [0.15, 0.2) is 18.2 Å². The summed E-state index contributed by atoms with van der Waals surface area (Å²) in [5.41, 5.74) is 3.50. The maximum Gasteiger partial charge on any atom is 0.140 e. The Labute approximate surface area is 107 Å². The molecule has 100 valence electrons. The number of pyridine rings is 1. The number of aliphatic hydroxyl groups is 1. The van der Waals surface area contributed by atoms with Gasteiger partial charge in [-0.15, -0.1) is 0 Å². The molecular formula is C12H20N4O2. The molecule has 0 bridgehead atoms. The number of nitrogens with one attached hydrogen (secondary N) is 1. The molecule has 6 heteroatoms. The molecular weight excluding hydrogens is 232 g/mol. The van der Waals surface area contributed by atoms with E-state index in [2.05, 4.69) is 22.2 Å². The molecule has 0 radical (unpaired) electrons. The lowest BCUT2D eigenvalue weighted by molar-refractivity contribution is -0.0808. The number of nitrogens with two attached hydrogens (primary N) is 1. The van der Waals surface area contributed by atoms with Gasteiger partial charge in [-0.2, -0.15) is 0 Å². The highest BCUT2D eigenvalue weighted by Crippen LogP contribution is 2.15. The molecule has 0 amide bonds. The SMILES string of the molecule is CC1COC(CO)CN1Cc1cccc(NN)n1. The van der Waals surface area contributed by atoms with Crippen LogP contribution in [-0.4, -0.2) is 46.9 Å². The third kappa shape index (κ3) is 3.17. The monoisotopic (exact) mass is 252 g/mol. The minimum absolute atomic E-state index is 0.0566. The first-order valence-electron chi connectivity index (χ1n) is 6.12. The zero-order valence-corrected chi connectivity index (χ0v) is 10.5. The van der Waals surface area contributed by atoms with Gasteiger partial charge in [0.05, 0.1) is 25.0 Å². The molecule has 1 aromatic heterocycles. The van der Waals surface area contributed by atoms with Crippen LogP contribution in [-0.2, 0) is 11.3 Å². The quantitative estimate of drug-likeness (QED) is 0.515. The van der Waals surface area contributed by atoms with Gasteiger partial charge in [-0.1, -0.05) is 6.07 Å². The van der Waals surface area contributed by atoms with E-state index in [4.69, 9.17) is 15.7 Å². The summed E-state index contributed by atoms with van der Waals surface area (Å²) >= 11 is 0. The Hall–Kier alpha value is -1.21. The number of anilines is 1. The third-order valence-corrected chi connectivity index (χ3v) is 3.16. The largest absolute Gasteiger partial charge is 0.394 e. The Balaban J connectivity index is 2.02. The van der Waals surface area contributed by atoms with Gasteiger partial charge in [-0.3, -0.25) is 4.90 Å². The van der Waals surface area contributed by atoms with Crippen LogP contribution in [0.3, 0.4) is 0 Å². The van der Waals surface area contributed by atoms with Crippen molar-refractivity contribution in [3.05, 3.63) is 23.9 Å². The molecule has 2 heterocycles. The molecule has 1 aliphatic heterocycles. The Bertz CT molecular complexity index is 388. The summed E-state index contributed by atoms with van der Waals surface area (Å²) < 4.78 is 5.51. The predicted octanol–water partition coefficient (Wildman–Crippen LogP) is -0.0512. The second-order valence-corrected chi connectivity index (χ2v) is 4.57. The van der Waals surface area contributed by atoms with E-state index in [1.807, 2.05) is 18.2 Å². The van der Waals surface area contributed by atoms with Crippen LogP contribution in [0.1, 0.15) is 12.6 Å². The molecule has 1 saturated heterocycles. The lowest BCUT2D eigenvalue weighted by Gasteiger charge is -2.37. The van der Waals surface area contributed by atoms with Crippen molar-refractivity contribution in [3.63, 3.8) is 0 Å². The number of hydrazine groups is 1. The summed E-state index contributed by atoms with van der Waals surface area (Å²) in [6.07, 6.45) is -0.1000. The summed E-state index contributed by atoms with van der Waals surface area (Å²) in [6.45, 7) is 4.26. The Morgan fingerprint density at radius 1 is 1.61 bits per heavy atom. The van der Waals surface area contributed by atoms with Crippen molar-refractivity contribution in [1.82, 2.24) is 9.88 Å². The predicted molar refractivity (Wildman–Crippen MR) is 68.7 cm³/mol. The first kappa shape index (κ1) is 13.2. The second-order valence-electron chi connectivity index (χ2n) is 4.57. The lowest BCUT2D eigenvalue weighted by atomic mass is 10.2. The molecule has 1 aromatic rings. The molecule has 0 aliphatic carbocycles. The summed E-state index contributed by atoms with van der Waals surface area (Å²) in [5, 5.41) is 9.15. The molecule has 2 atom stereocenters. The standard InChI is InChI=1S/C12H20N4O2/c1-9-8-18-11(7-17)6-16(9)5-10-3-2-4-12(14-10)15-13/h2-4,9,11,17H,5-8,13H2,1H3,(H,14,15). The van der Waals surface area contributed by atoms with Gasteiger partial charge >= 0.3 is 0 Å². The van der Waals surface area contributed by atoms with Gasteiger partial charge in [0.1, 0.15) is 5.82 Å². The van der Waals surface area contributed by atoms with E-state index < -0.39 is 0 Å². The van der Waals surface area contributed by atoms with Gasteiger partial charge in [0.25, 0.3) is 0 Å². The van der Waals surface area contributed by atoms with E-state index in [9.17, 15) is 0 Å². The van der Waals surface area contributed by atoms with Crippen molar-refractivity contribution in [2.24, 2.45) is 5.84 Å². The summed E-state index contributed by atoms with van der Waals surface area (Å²) in [7, 11) is 0. The number of ether oxygens (including phenoxy) is 1. The zero-order valence-electron chi connectivity index (χ0n) is 10.5. The summed E-state index contributed by atoms with van der Waals surface area (Å²) in [5.74, 6) is 6.00. The van der Waals surface area contributed by atoms with Gasteiger partial charge in [-0.25, -0.2) is 10.8 Å². The number of rotatable bonds is 4. The van der Waals surface area contributed by atoms with Crippen LogP contribution in [0.25, 0.3) is 0 Å². The molecule has 1 fully saturated rings. The topological polar surface area (TPSA) is 83.6 Å². The van der Waals surface area contributed by atoms with Gasteiger partial charge in [0, 0.05) is 19.1 Å². The normalized spacial score (nSPS) is 25.1. The van der Waals surface area contributed by atoms with E-state index >= 15 is 0 Å². The van der Waals surface area contributed by atoms with E-state index in [0.717, 1.165) is 18.8 Å². The van der Waals surface area contributed by atoms with Crippen molar-refractivity contribution in [3.8, 4) is 0 Å². The molecule has 0 spiro atoms. The number of aliphatic hydroxyl groups excluding tert-OH is 1. The smallest absolute Gasteiger partial charge is 0.140 e. The van der Waals surface area contributed by atoms with Crippen molar-refractivity contribution in [2.45, 2.75) is 25.6 Å². The van der Waals surface area contributed by atoms with E-state index in [0.29, 0.717) is 18.5 Å². The van der Waals surface area contributed by atoms with Crippen LogP contribution in [0.5, 0.6) is 0 Å². The van der Waals surface area contributed by atoms with Crippen molar-refractivity contribution in [2.75, 3.05) is 25.2 Å². The number of nitrogen functional groups attached to an aromatic ring is 1. The van der Waals surface area contributed by atoms with Crippen molar-refractivity contribution >= 4 is 5.82 Å². The van der Waals surface area contributed by atoms with Crippen LogP contribution < -0.4 is 11.3 Å². The molecule has 2 rings (SSSR count). The van der Waals surface area contributed by atoms with Gasteiger partial charge < -0.3 is 15.3 Å². The van der Waals surface area contributed by atoms with Gasteiger partial charge in [0.2, 0.25) is 0 Å². The van der Waals surface area contributed by atoms with E-state index in [-0.39, 0.29) is 12.7 Å². The van der Waals surface area contributed by atoms with Crippen LogP contribution in [0.4, 0.5) is 5.82 Å². The molecule has 0 aromatic carbocycles. The molecule has 1 aliphatic rings. The molecule has 6 nitrogen and oxygen atoms in total. The fourth-order valence-corrected chi connectivity index (χ4v) is 2.06. The zero-order chi connectivity index (χ0) is 13.0. The first-order valence-corrected chi connectivity index (χ1v) is 6.12. The number of hydrogen-bond donors (Lipinski definition) is 3. The van der Waals surface area contributed by atoms with Crippen molar-refractivity contribution < 1.29 is 9.84 Å². The highest BCUT2D eigenvalue weighted by atomic mass is 16.5. The minimum Gasteiger partial charge on any atom is -0.394 e. The number of hydrogen-bond acceptors (Lipinski definition) is 6. The van der Waals surface area contributed by atoms with Crippen molar-refractivity contribution in [1.29, 1.82) is 0 Å². The number of morpholine rings is 1. The maximum absolute atomic E-state index is 9.15. The van der Waals surface area contributed by atoms with Gasteiger partial charge in [-0.05, 0) is 19.1 Å². The average Bonchev–Trinajstić information content (AvgIpc) is 2.41. The first-order chi connectivity index (χ1) is 8.72. The Morgan fingerprint density at radius 2 is 2.44 bits per heavy atom. The minimum atomic E-state index is -0.1000. The Kier molecular flexibility index (Phi) is 4.48. The van der Waals surface area contributed by atoms with Gasteiger partial charge in [0.15, 0.2) is 0 Å². The highest BCUT2D eigenvalue weighted by molar-refractivity contribution is 5.33. The third-order valence-electron chi connectivity index (χ3n) is 3.16. The number of aromatic nitrogens is 1.